The Morgan fingerprint density at radius 3 is 2.50 bits per heavy atom. The molecule has 0 saturated heterocycles. The van der Waals surface area contributed by atoms with Crippen LogP contribution in [0.2, 0.25) is 0 Å². The highest BCUT2D eigenvalue weighted by atomic mass is 16.5. The van der Waals surface area contributed by atoms with Crippen LogP contribution in [0.3, 0.4) is 0 Å². The van der Waals surface area contributed by atoms with Crippen molar-refractivity contribution in [2.45, 2.75) is 59.3 Å². The molecule has 0 heterocycles. The summed E-state index contributed by atoms with van der Waals surface area (Å²) in [4.78, 5) is 11.4. The number of ether oxygens (including phenoxy) is 1. The monoisotopic (exact) mass is 350 g/mol. The van der Waals surface area contributed by atoms with Crippen molar-refractivity contribution in [3.63, 3.8) is 0 Å². The summed E-state index contributed by atoms with van der Waals surface area (Å²) >= 11 is 0. The zero-order valence-corrected chi connectivity index (χ0v) is 16.3. The van der Waals surface area contributed by atoms with Gasteiger partial charge in [-0.05, 0) is 71.9 Å². The number of esters is 1. The van der Waals surface area contributed by atoms with Crippen LogP contribution in [0.5, 0.6) is 5.75 Å². The summed E-state index contributed by atoms with van der Waals surface area (Å²) < 4.78 is 5.26. The molecule has 26 heavy (non-hydrogen) atoms. The second-order valence-electron chi connectivity index (χ2n) is 7.69. The predicted molar refractivity (Wildman–Crippen MR) is 107 cm³/mol. The highest BCUT2D eigenvalue weighted by Crippen LogP contribution is 2.33. The van der Waals surface area contributed by atoms with Gasteiger partial charge in [0, 0.05) is 6.42 Å². The molecule has 0 aliphatic heterocycles. The molecule has 0 saturated carbocycles. The first-order valence-electron chi connectivity index (χ1n) is 10.0. The van der Waals surface area contributed by atoms with Gasteiger partial charge in [-0.3, -0.25) is 4.79 Å². The van der Waals surface area contributed by atoms with E-state index in [1.54, 1.807) is 6.92 Å². The molecule has 3 rings (SSSR count). The lowest BCUT2D eigenvalue weighted by Gasteiger charge is -2.27. The lowest BCUT2D eigenvalue weighted by atomic mass is 9.78. The third-order valence-corrected chi connectivity index (χ3v) is 5.68. The fourth-order valence-corrected chi connectivity index (χ4v) is 3.87. The maximum atomic E-state index is 11.4. The largest absolute Gasteiger partial charge is 0.427 e. The standard InChI is InChI=1S/C24H30O2/c1-4-17(3)14-18-6-7-22-16-21(9-8-20(22)15-18)19-10-12-23(13-11-19)26-24(25)5-2/h8-13,16-18H,4-7,14-15H2,1-3H3. The Bertz CT molecular complexity index is 745. The highest BCUT2D eigenvalue weighted by molar-refractivity contribution is 5.72. The third-order valence-electron chi connectivity index (χ3n) is 5.68. The SMILES string of the molecule is CCC(=O)Oc1ccc(-c2ccc3c(c2)CCC(CC(C)CC)C3)cc1. The smallest absolute Gasteiger partial charge is 0.310 e. The molecule has 1 aliphatic rings. The Kier molecular flexibility index (Phi) is 6.13. The second kappa shape index (κ2) is 8.53. The van der Waals surface area contributed by atoms with E-state index in [0.717, 1.165) is 11.8 Å². The van der Waals surface area contributed by atoms with Crippen molar-refractivity contribution >= 4 is 5.97 Å². The van der Waals surface area contributed by atoms with E-state index in [9.17, 15) is 4.79 Å². The van der Waals surface area contributed by atoms with Crippen molar-refractivity contribution in [1.29, 1.82) is 0 Å². The highest BCUT2D eigenvalue weighted by Gasteiger charge is 2.20. The molecular weight excluding hydrogens is 320 g/mol. The minimum atomic E-state index is -0.196. The first-order valence-corrected chi connectivity index (χ1v) is 10.0. The van der Waals surface area contributed by atoms with Gasteiger partial charge in [0.1, 0.15) is 5.75 Å². The Hall–Kier alpha value is -2.09. The average Bonchev–Trinajstić information content (AvgIpc) is 2.68. The average molecular weight is 351 g/mol. The van der Waals surface area contributed by atoms with Gasteiger partial charge in [0.15, 0.2) is 0 Å². The van der Waals surface area contributed by atoms with Crippen LogP contribution in [0.4, 0.5) is 0 Å². The zero-order chi connectivity index (χ0) is 18.5. The van der Waals surface area contributed by atoms with Crippen LogP contribution in [0, 0.1) is 11.8 Å². The van der Waals surface area contributed by atoms with Crippen molar-refractivity contribution < 1.29 is 9.53 Å². The lowest BCUT2D eigenvalue weighted by molar-refractivity contribution is -0.134. The lowest BCUT2D eigenvalue weighted by Crippen LogP contribution is -2.16. The van der Waals surface area contributed by atoms with Gasteiger partial charge in [-0.2, -0.15) is 0 Å². The van der Waals surface area contributed by atoms with E-state index < -0.39 is 0 Å². The molecule has 0 bridgehead atoms. The van der Waals surface area contributed by atoms with Gasteiger partial charge < -0.3 is 4.74 Å². The van der Waals surface area contributed by atoms with E-state index in [1.807, 2.05) is 24.3 Å². The van der Waals surface area contributed by atoms with Gasteiger partial charge >= 0.3 is 5.97 Å². The molecular formula is C24H30O2. The summed E-state index contributed by atoms with van der Waals surface area (Å²) in [6.45, 7) is 6.47. The van der Waals surface area contributed by atoms with Gasteiger partial charge in [0.05, 0.1) is 0 Å². The molecule has 0 N–H and O–H groups in total. The number of aryl methyl sites for hydroxylation is 1. The van der Waals surface area contributed by atoms with E-state index >= 15 is 0 Å². The molecule has 0 aromatic heterocycles. The van der Waals surface area contributed by atoms with Crippen LogP contribution < -0.4 is 4.74 Å². The number of hydrogen-bond donors (Lipinski definition) is 0. The van der Waals surface area contributed by atoms with Crippen LogP contribution in [-0.4, -0.2) is 5.97 Å². The van der Waals surface area contributed by atoms with E-state index in [1.165, 1.54) is 54.4 Å². The van der Waals surface area contributed by atoms with Gasteiger partial charge in [-0.25, -0.2) is 0 Å². The van der Waals surface area contributed by atoms with Crippen LogP contribution in [0.25, 0.3) is 11.1 Å². The van der Waals surface area contributed by atoms with E-state index in [-0.39, 0.29) is 5.97 Å². The molecule has 0 radical (unpaired) electrons. The molecule has 2 aromatic carbocycles. The molecule has 0 spiro atoms. The van der Waals surface area contributed by atoms with Crippen LogP contribution in [0.15, 0.2) is 42.5 Å². The molecule has 2 unspecified atom stereocenters. The second-order valence-corrected chi connectivity index (χ2v) is 7.69. The van der Waals surface area contributed by atoms with Crippen molar-refractivity contribution in [1.82, 2.24) is 0 Å². The molecule has 1 aliphatic carbocycles. The Morgan fingerprint density at radius 1 is 1.08 bits per heavy atom. The Morgan fingerprint density at radius 2 is 1.81 bits per heavy atom. The molecule has 2 aromatic rings. The van der Waals surface area contributed by atoms with Crippen molar-refractivity contribution in [3.05, 3.63) is 53.6 Å². The van der Waals surface area contributed by atoms with Crippen LogP contribution in [0.1, 0.15) is 57.6 Å². The van der Waals surface area contributed by atoms with E-state index in [4.69, 9.17) is 4.74 Å². The van der Waals surface area contributed by atoms with Crippen LogP contribution in [-0.2, 0) is 17.6 Å². The number of benzene rings is 2. The summed E-state index contributed by atoms with van der Waals surface area (Å²) in [6.07, 6.45) is 6.77. The number of fused-ring (bicyclic) bond motifs is 1. The topological polar surface area (TPSA) is 26.3 Å². The van der Waals surface area contributed by atoms with Gasteiger partial charge in [0.2, 0.25) is 0 Å². The van der Waals surface area contributed by atoms with Gasteiger partial charge in [-0.1, -0.05) is 57.5 Å². The number of carbonyl (C=O) groups excluding carboxylic acids is 1. The Balaban J connectivity index is 1.71. The quantitative estimate of drug-likeness (QED) is 0.457. The fraction of sp³-hybridized carbons (Fsp3) is 0.458. The zero-order valence-electron chi connectivity index (χ0n) is 16.3. The molecule has 2 atom stereocenters. The van der Waals surface area contributed by atoms with Gasteiger partial charge in [-0.15, -0.1) is 0 Å². The van der Waals surface area contributed by atoms with E-state index in [0.29, 0.717) is 12.2 Å². The summed E-state index contributed by atoms with van der Waals surface area (Å²) in [6, 6.07) is 14.7. The maximum absolute atomic E-state index is 11.4. The van der Waals surface area contributed by atoms with Crippen molar-refractivity contribution in [2.75, 3.05) is 0 Å². The minimum absolute atomic E-state index is 0.196. The summed E-state index contributed by atoms with van der Waals surface area (Å²) in [5.41, 5.74) is 5.45. The number of rotatable bonds is 6. The molecule has 138 valence electrons. The first-order chi connectivity index (χ1) is 12.6. The molecule has 2 nitrogen and oxygen atoms in total. The van der Waals surface area contributed by atoms with E-state index in [2.05, 4.69) is 32.0 Å². The summed E-state index contributed by atoms with van der Waals surface area (Å²) in [7, 11) is 0. The first kappa shape index (κ1) is 18.7. The van der Waals surface area contributed by atoms with Crippen LogP contribution >= 0.6 is 0 Å². The molecule has 0 amide bonds. The predicted octanol–water partition coefficient (Wildman–Crippen LogP) is 6.21. The maximum Gasteiger partial charge on any atom is 0.310 e. The number of hydrogen-bond acceptors (Lipinski definition) is 2. The normalized spacial score (nSPS) is 17.4. The minimum Gasteiger partial charge on any atom is -0.427 e. The van der Waals surface area contributed by atoms with Crippen molar-refractivity contribution in [3.8, 4) is 16.9 Å². The number of carbonyl (C=O) groups is 1. The molecule has 2 heteroatoms. The van der Waals surface area contributed by atoms with Gasteiger partial charge in [0.25, 0.3) is 0 Å². The fourth-order valence-electron chi connectivity index (χ4n) is 3.87. The molecule has 0 fully saturated rings. The third kappa shape index (κ3) is 4.55. The Labute approximate surface area is 157 Å². The summed E-state index contributed by atoms with van der Waals surface area (Å²) in [5.74, 6) is 2.10. The summed E-state index contributed by atoms with van der Waals surface area (Å²) in [5, 5.41) is 0. The van der Waals surface area contributed by atoms with Crippen molar-refractivity contribution in [2.24, 2.45) is 11.8 Å².